The Hall–Kier alpha value is -6.70. The maximum absolute atomic E-state index is 2.53. The van der Waals surface area contributed by atoms with Crippen molar-refractivity contribution in [1.82, 2.24) is 0 Å². The second-order valence-corrected chi connectivity index (χ2v) is 16.2. The van der Waals surface area contributed by atoms with Gasteiger partial charge in [-0.15, -0.1) is 0 Å². The molecule has 2 aliphatic rings. The Balaban J connectivity index is 1.20. The lowest BCUT2D eigenvalue weighted by atomic mass is 9.74. The molecule has 0 bridgehead atoms. The average molecular weight is 716 g/mol. The quantitative estimate of drug-likeness (QED) is 0.160. The van der Waals surface area contributed by atoms with Gasteiger partial charge in [-0.1, -0.05) is 178 Å². The van der Waals surface area contributed by atoms with Gasteiger partial charge in [-0.25, -0.2) is 0 Å². The summed E-state index contributed by atoms with van der Waals surface area (Å²) in [5.41, 5.74) is 17.5. The molecule has 1 heteroatoms. The van der Waals surface area contributed by atoms with Gasteiger partial charge in [0.1, 0.15) is 0 Å². The first-order chi connectivity index (χ1) is 27.4. The highest BCUT2D eigenvalue weighted by Gasteiger charge is 2.43. The van der Waals surface area contributed by atoms with Crippen molar-refractivity contribution in [2.75, 3.05) is 4.90 Å². The van der Waals surface area contributed by atoms with Gasteiger partial charge in [-0.2, -0.15) is 0 Å². The summed E-state index contributed by atoms with van der Waals surface area (Å²) in [5.74, 6) is 0. The summed E-state index contributed by atoms with van der Waals surface area (Å²) in [6.45, 7) is 7.18. The highest BCUT2D eigenvalue weighted by molar-refractivity contribution is 6.14. The lowest BCUT2D eigenvalue weighted by Gasteiger charge is -2.32. The highest BCUT2D eigenvalue weighted by atomic mass is 15.1. The zero-order chi connectivity index (χ0) is 37.6. The number of benzene rings is 9. The molecule has 0 aliphatic heterocycles. The fourth-order valence-electron chi connectivity index (χ4n) is 10.1. The van der Waals surface area contributed by atoms with Crippen LogP contribution in [0.5, 0.6) is 0 Å². The lowest BCUT2D eigenvalue weighted by Crippen LogP contribution is -2.23. The molecular weight excluding hydrogens is 675 g/mol. The Kier molecular flexibility index (Phi) is 7.10. The van der Waals surface area contributed by atoms with Gasteiger partial charge in [-0.05, 0) is 115 Å². The van der Waals surface area contributed by atoms with Crippen LogP contribution in [0.1, 0.15) is 48.6 Å². The molecule has 9 aromatic rings. The van der Waals surface area contributed by atoms with Gasteiger partial charge < -0.3 is 4.90 Å². The van der Waals surface area contributed by atoms with Crippen molar-refractivity contribution in [2.45, 2.75) is 31.6 Å². The third kappa shape index (κ3) is 4.61. The molecule has 11 rings (SSSR count). The Morgan fingerprint density at radius 1 is 0.375 bits per heavy atom. The molecular formula is C55H41N. The minimum Gasteiger partial charge on any atom is -0.310 e. The van der Waals surface area contributed by atoms with Crippen molar-refractivity contribution in [3.05, 3.63) is 222 Å². The average Bonchev–Trinajstić information content (AvgIpc) is 3.65. The van der Waals surface area contributed by atoms with Gasteiger partial charge in [0.2, 0.25) is 0 Å². The number of rotatable bonds is 5. The molecule has 1 atom stereocenters. The van der Waals surface area contributed by atoms with Crippen molar-refractivity contribution in [1.29, 1.82) is 0 Å². The summed E-state index contributed by atoms with van der Waals surface area (Å²) in [7, 11) is 0. The number of anilines is 3. The monoisotopic (exact) mass is 715 g/mol. The maximum atomic E-state index is 2.53. The van der Waals surface area contributed by atoms with Crippen LogP contribution in [0, 0.1) is 0 Å². The molecule has 0 N–H and O–H groups in total. The predicted octanol–water partition coefficient (Wildman–Crippen LogP) is 14.8. The number of hydrogen-bond donors (Lipinski definition) is 0. The van der Waals surface area contributed by atoms with Gasteiger partial charge in [-0.3, -0.25) is 0 Å². The van der Waals surface area contributed by atoms with Gasteiger partial charge in [0.05, 0.1) is 5.69 Å². The summed E-state index contributed by atoms with van der Waals surface area (Å²) in [4.78, 5) is 2.53. The van der Waals surface area contributed by atoms with E-state index in [2.05, 4.69) is 220 Å². The molecule has 0 heterocycles. The van der Waals surface area contributed by atoms with E-state index in [1.807, 2.05) is 0 Å². The van der Waals surface area contributed by atoms with Crippen molar-refractivity contribution in [3.63, 3.8) is 0 Å². The van der Waals surface area contributed by atoms with Gasteiger partial charge in [0, 0.05) is 27.6 Å². The molecule has 0 fully saturated rings. The van der Waals surface area contributed by atoms with E-state index in [0.717, 1.165) is 11.4 Å². The standard InChI is InChI=1S/C55H41N/c1-54(2)48-27-15-14-24-44(48)45-31-29-39(34-50(45)54)56(52-33-37-19-10-11-22-41(37)43-23-12-13-25-46(43)52)40-30-32-47-51(35-40)55(3,38-20-8-5-9-21-38)49-28-16-26-42(53(47)49)36-17-6-4-7-18-36/h4-35H,1-3H3. The molecule has 0 aromatic heterocycles. The minimum atomic E-state index is -0.370. The summed E-state index contributed by atoms with van der Waals surface area (Å²) in [5, 5.41) is 4.99. The zero-order valence-electron chi connectivity index (χ0n) is 31.9. The summed E-state index contributed by atoms with van der Waals surface area (Å²) in [6.07, 6.45) is 0. The first-order valence-corrected chi connectivity index (χ1v) is 19.8. The van der Waals surface area contributed by atoms with E-state index in [-0.39, 0.29) is 10.8 Å². The van der Waals surface area contributed by atoms with Crippen molar-refractivity contribution in [3.8, 4) is 33.4 Å². The second kappa shape index (κ2) is 12.2. The molecule has 1 unspecified atom stereocenters. The van der Waals surface area contributed by atoms with Gasteiger partial charge in [0.15, 0.2) is 0 Å². The van der Waals surface area contributed by atoms with E-state index in [1.165, 1.54) is 88.4 Å². The molecule has 9 aromatic carbocycles. The molecule has 266 valence electrons. The van der Waals surface area contributed by atoms with Crippen LogP contribution in [0.4, 0.5) is 17.1 Å². The van der Waals surface area contributed by atoms with Crippen molar-refractivity contribution in [2.24, 2.45) is 0 Å². The van der Waals surface area contributed by atoms with Gasteiger partial charge in [0.25, 0.3) is 0 Å². The first kappa shape index (κ1) is 32.7. The molecule has 0 radical (unpaired) electrons. The van der Waals surface area contributed by atoms with Crippen molar-refractivity contribution < 1.29 is 0 Å². The number of fused-ring (bicyclic) bond motifs is 9. The van der Waals surface area contributed by atoms with Crippen LogP contribution in [0.2, 0.25) is 0 Å². The maximum Gasteiger partial charge on any atom is 0.0546 e. The Labute approximate surface area is 329 Å². The third-order valence-electron chi connectivity index (χ3n) is 12.9. The molecule has 0 spiro atoms. The second-order valence-electron chi connectivity index (χ2n) is 16.2. The normalized spacial score (nSPS) is 16.0. The zero-order valence-corrected chi connectivity index (χ0v) is 31.9. The largest absolute Gasteiger partial charge is 0.310 e. The third-order valence-corrected chi connectivity index (χ3v) is 12.9. The van der Waals surface area contributed by atoms with Crippen LogP contribution in [0.3, 0.4) is 0 Å². The fraction of sp³-hybridized carbons (Fsp3) is 0.0909. The molecule has 0 saturated carbocycles. The van der Waals surface area contributed by atoms with Crippen molar-refractivity contribution >= 4 is 38.6 Å². The molecule has 2 aliphatic carbocycles. The van der Waals surface area contributed by atoms with Crippen LogP contribution in [-0.2, 0) is 10.8 Å². The fourth-order valence-corrected chi connectivity index (χ4v) is 10.1. The highest BCUT2D eigenvalue weighted by Crippen LogP contribution is 2.57. The van der Waals surface area contributed by atoms with E-state index in [4.69, 9.17) is 0 Å². The molecule has 0 amide bonds. The predicted molar refractivity (Wildman–Crippen MR) is 237 cm³/mol. The Bertz CT molecular complexity index is 3010. The lowest BCUT2D eigenvalue weighted by molar-refractivity contribution is 0.660. The van der Waals surface area contributed by atoms with Crippen LogP contribution in [0.25, 0.3) is 54.9 Å². The summed E-state index contributed by atoms with van der Waals surface area (Å²) >= 11 is 0. The number of hydrogen-bond acceptors (Lipinski definition) is 1. The van der Waals surface area contributed by atoms with Crippen LogP contribution in [-0.4, -0.2) is 0 Å². The van der Waals surface area contributed by atoms with E-state index in [9.17, 15) is 0 Å². The van der Waals surface area contributed by atoms with Crippen LogP contribution in [0.15, 0.2) is 194 Å². The Morgan fingerprint density at radius 2 is 0.946 bits per heavy atom. The number of nitrogens with zero attached hydrogens (tertiary/aromatic N) is 1. The van der Waals surface area contributed by atoms with Gasteiger partial charge >= 0.3 is 0 Å². The summed E-state index contributed by atoms with van der Waals surface area (Å²) < 4.78 is 0. The SMILES string of the molecule is CC1(C)c2ccccc2-c2ccc(N(c3ccc4c(c3)C(C)(c3ccccc3)c3cccc(-c5ccccc5)c3-4)c3cc4ccccc4c4ccccc34)cc21. The summed E-state index contributed by atoms with van der Waals surface area (Å²) in [6, 6.07) is 72.3. The smallest absolute Gasteiger partial charge is 0.0546 e. The first-order valence-electron chi connectivity index (χ1n) is 19.8. The van der Waals surface area contributed by atoms with Crippen LogP contribution < -0.4 is 4.90 Å². The van der Waals surface area contributed by atoms with E-state index in [0.29, 0.717) is 0 Å². The Morgan fingerprint density at radius 3 is 1.73 bits per heavy atom. The molecule has 0 saturated heterocycles. The molecule has 56 heavy (non-hydrogen) atoms. The topological polar surface area (TPSA) is 3.24 Å². The van der Waals surface area contributed by atoms with E-state index in [1.54, 1.807) is 0 Å². The minimum absolute atomic E-state index is 0.127. The molecule has 1 nitrogen and oxygen atoms in total. The van der Waals surface area contributed by atoms with E-state index >= 15 is 0 Å². The van der Waals surface area contributed by atoms with Crippen LogP contribution >= 0.6 is 0 Å². The van der Waals surface area contributed by atoms with E-state index < -0.39 is 0 Å².